The number of benzene rings is 1. The Morgan fingerprint density at radius 3 is 2.80 bits per heavy atom. The van der Waals surface area contributed by atoms with Crippen molar-refractivity contribution in [2.45, 2.75) is 37.9 Å². The highest BCUT2D eigenvalue weighted by Gasteiger charge is 2.43. The summed E-state index contributed by atoms with van der Waals surface area (Å²) in [7, 11) is 0. The lowest BCUT2D eigenvalue weighted by Gasteiger charge is -2.39. The van der Waals surface area contributed by atoms with Crippen LogP contribution in [0.25, 0.3) is 0 Å². The minimum absolute atomic E-state index is 0.0602. The van der Waals surface area contributed by atoms with Crippen molar-refractivity contribution in [3.05, 3.63) is 35.9 Å². The summed E-state index contributed by atoms with van der Waals surface area (Å²) < 4.78 is 11.6. The lowest BCUT2D eigenvalue weighted by molar-refractivity contribution is -0.189. The summed E-state index contributed by atoms with van der Waals surface area (Å²) in [6.07, 6.45) is 3.24. The molecule has 5 nitrogen and oxygen atoms in total. The first kappa shape index (κ1) is 16.9. The van der Waals surface area contributed by atoms with Gasteiger partial charge in [0.05, 0.1) is 13.2 Å². The first-order valence-corrected chi connectivity index (χ1v) is 9.51. The Morgan fingerprint density at radius 1 is 1.28 bits per heavy atom. The summed E-state index contributed by atoms with van der Waals surface area (Å²) in [6, 6.07) is 10.7. The van der Waals surface area contributed by atoms with E-state index in [-0.39, 0.29) is 11.9 Å². The molecule has 0 radical (unpaired) electrons. The molecule has 0 bridgehead atoms. The number of carbonyl (C=O) groups is 1. The lowest BCUT2D eigenvalue weighted by atomic mass is 9.90. The molecule has 2 aliphatic heterocycles. The zero-order valence-electron chi connectivity index (χ0n) is 14.9. The first-order chi connectivity index (χ1) is 12.2. The lowest BCUT2D eigenvalue weighted by Crippen LogP contribution is -2.51. The van der Waals surface area contributed by atoms with Crippen LogP contribution in [0.3, 0.4) is 0 Å². The SMILES string of the molecule is CC1(C2CCCN(C(=O)NCC3CC3c3ccccc3)C2)OCCO1. The molecule has 136 valence electrons. The maximum absolute atomic E-state index is 12.6. The Bertz CT molecular complexity index is 600. The maximum Gasteiger partial charge on any atom is 0.317 e. The van der Waals surface area contributed by atoms with Gasteiger partial charge < -0.3 is 19.7 Å². The van der Waals surface area contributed by atoms with Gasteiger partial charge in [-0.05, 0) is 43.6 Å². The number of nitrogens with zero attached hydrogens (tertiary/aromatic N) is 1. The normalized spacial score (nSPS) is 30.9. The minimum Gasteiger partial charge on any atom is -0.347 e. The van der Waals surface area contributed by atoms with Gasteiger partial charge in [-0.1, -0.05) is 30.3 Å². The Morgan fingerprint density at radius 2 is 2.04 bits per heavy atom. The number of hydrogen-bond donors (Lipinski definition) is 1. The predicted molar refractivity (Wildman–Crippen MR) is 95.3 cm³/mol. The zero-order chi connectivity index (χ0) is 17.3. The standard InChI is InChI=1S/C20H28N2O3/c1-20(24-10-11-25-20)17-8-5-9-22(14-17)19(23)21-13-16-12-18(16)15-6-3-2-4-7-15/h2-4,6-7,16-18H,5,8-14H2,1H3,(H,21,23). The predicted octanol–water partition coefficient (Wildman–Crippen LogP) is 2.97. The molecule has 25 heavy (non-hydrogen) atoms. The molecule has 3 aliphatic rings. The second-order valence-corrected chi connectivity index (χ2v) is 7.70. The number of rotatable bonds is 4. The summed E-state index contributed by atoms with van der Waals surface area (Å²) in [5.41, 5.74) is 1.39. The third kappa shape index (κ3) is 3.67. The van der Waals surface area contributed by atoms with Crippen LogP contribution in [0, 0.1) is 11.8 Å². The summed E-state index contributed by atoms with van der Waals surface area (Å²) in [5.74, 6) is 0.918. The maximum atomic E-state index is 12.6. The fraction of sp³-hybridized carbons (Fsp3) is 0.650. The fourth-order valence-corrected chi connectivity index (χ4v) is 4.27. The zero-order valence-corrected chi connectivity index (χ0v) is 14.9. The van der Waals surface area contributed by atoms with Crippen LogP contribution in [0.1, 0.15) is 37.7 Å². The molecule has 2 saturated heterocycles. The number of urea groups is 1. The molecule has 1 aliphatic carbocycles. The molecule has 3 fully saturated rings. The first-order valence-electron chi connectivity index (χ1n) is 9.51. The molecule has 1 aromatic carbocycles. The van der Waals surface area contributed by atoms with Gasteiger partial charge in [0.1, 0.15) is 0 Å². The quantitative estimate of drug-likeness (QED) is 0.913. The van der Waals surface area contributed by atoms with E-state index < -0.39 is 5.79 Å². The van der Waals surface area contributed by atoms with Crippen LogP contribution >= 0.6 is 0 Å². The van der Waals surface area contributed by atoms with E-state index in [9.17, 15) is 4.79 Å². The molecule has 4 rings (SSSR count). The molecule has 2 amide bonds. The summed E-state index contributed by atoms with van der Waals surface area (Å²) >= 11 is 0. The third-order valence-electron chi connectivity index (χ3n) is 5.98. The van der Waals surface area contributed by atoms with Gasteiger partial charge in [-0.25, -0.2) is 4.79 Å². The van der Waals surface area contributed by atoms with Crippen molar-refractivity contribution in [1.29, 1.82) is 0 Å². The number of ether oxygens (including phenoxy) is 2. The van der Waals surface area contributed by atoms with E-state index in [1.807, 2.05) is 17.9 Å². The number of piperidine rings is 1. The van der Waals surface area contributed by atoms with Crippen molar-refractivity contribution in [3.63, 3.8) is 0 Å². The summed E-state index contributed by atoms with van der Waals surface area (Å²) in [5, 5.41) is 3.14. The molecule has 2 heterocycles. The molecule has 5 heteroatoms. The van der Waals surface area contributed by atoms with E-state index in [2.05, 4.69) is 29.6 Å². The van der Waals surface area contributed by atoms with E-state index in [1.165, 1.54) is 12.0 Å². The monoisotopic (exact) mass is 344 g/mol. The van der Waals surface area contributed by atoms with Gasteiger partial charge in [0.25, 0.3) is 0 Å². The van der Waals surface area contributed by atoms with Gasteiger partial charge in [0, 0.05) is 25.6 Å². The molecule has 3 atom stereocenters. The highest BCUT2D eigenvalue weighted by molar-refractivity contribution is 5.74. The average molecular weight is 344 g/mol. The van der Waals surface area contributed by atoms with Crippen LogP contribution < -0.4 is 5.32 Å². The fourth-order valence-electron chi connectivity index (χ4n) is 4.27. The highest BCUT2D eigenvalue weighted by Crippen LogP contribution is 2.46. The number of amides is 2. The molecule has 1 N–H and O–H groups in total. The largest absolute Gasteiger partial charge is 0.347 e. The van der Waals surface area contributed by atoms with Crippen LogP contribution in [-0.2, 0) is 9.47 Å². The smallest absolute Gasteiger partial charge is 0.317 e. The molecule has 3 unspecified atom stereocenters. The van der Waals surface area contributed by atoms with Crippen molar-refractivity contribution < 1.29 is 14.3 Å². The second kappa shape index (κ2) is 6.96. The summed E-state index contributed by atoms with van der Waals surface area (Å²) in [6.45, 7) is 5.63. The highest BCUT2D eigenvalue weighted by atomic mass is 16.7. The summed E-state index contributed by atoms with van der Waals surface area (Å²) in [4.78, 5) is 14.5. The van der Waals surface area contributed by atoms with E-state index in [0.29, 0.717) is 25.0 Å². The molecular formula is C20H28N2O3. The van der Waals surface area contributed by atoms with Crippen LogP contribution in [0.15, 0.2) is 30.3 Å². The Labute approximate surface area is 149 Å². The number of carbonyl (C=O) groups excluding carboxylic acids is 1. The van der Waals surface area contributed by atoms with Crippen LogP contribution in [0.2, 0.25) is 0 Å². The molecule has 1 saturated carbocycles. The average Bonchev–Trinajstić information content (AvgIpc) is 3.31. The van der Waals surface area contributed by atoms with Gasteiger partial charge in [0.15, 0.2) is 5.79 Å². The topological polar surface area (TPSA) is 50.8 Å². The van der Waals surface area contributed by atoms with Crippen molar-refractivity contribution in [3.8, 4) is 0 Å². The molecule has 1 aromatic rings. The van der Waals surface area contributed by atoms with Crippen molar-refractivity contribution in [2.24, 2.45) is 11.8 Å². The Hall–Kier alpha value is -1.59. The third-order valence-corrected chi connectivity index (χ3v) is 5.98. The number of likely N-dealkylation sites (tertiary alicyclic amines) is 1. The number of hydrogen-bond acceptors (Lipinski definition) is 3. The second-order valence-electron chi connectivity index (χ2n) is 7.70. The van der Waals surface area contributed by atoms with E-state index in [1.54, 1.807) is 0 Å². The van der Waals surface area contributed by atoms with Crippen LogP contribution in [0.5, 0.6) is 0 Å². The molecular weight excluding hydrogens is 316 g/mol. The van der Waals surface area contributed by atoms with E-state index in [0.717, 1.165) is 32.5 Å². The van der Waals surface area contributed by atoms with Gasteiger partial charge in [-0.2, -0.15) is 0 Å². The van der Waals surface area contributed by atoms with Crippen molar-refractivity contribution in [1.82, 2.24) is 10.2 Å². The van der Waals surface area contributed by atoms with Gasteiger partial charge in [-0.3, -0.25) is 0 Å². The molecule has 0 aromatic heterocycles. The Kier molecular flexibility index (Phi) is 4.69. The van der Waals surface area contributed by atoms with Crippen molar-refractivity contribution >= 4 is 6.03 Å². The minimum atomic E-state index is -0.520. The van der Waals surface area contributed by atoms with Crippen LogP contribution in [-0.4, -0.2) is 49.6 Å². The van der Waals surface area contributed by atoms with Gasteiger partial charge in [-0.15, -0.1) is 0 Å². The van der Waals surface area contributed by atoms with Crippen LogP contribution in [0.4, 0.5) is 4.79 Å². The number of nitrogens with one attached hydrogen (secondary N) is 1. The van der Waals surface area contributed by atoms with E-state index >= 15 is 0 Å². The molecule has 0 spiro atoms. The Balaban J connectivity index is 1.26. The van der Waals surface area contributed by atoms with E-state index in [4.69, 9.17) is 9.47 Å². The van der Waals surface area contributed by atoms with Crippen molar-refractivity contribution in [2.75, 3.05) is 32.8 Å². The van der Waals surface area contributed by atoms with Gasteiger partial charge >= 0.3 is 6.03 Å². The van der Waals surface area contributed by atoms with Gasteiger partial charge in [0.2, 0.25) is 0 Å².